The molecule has 0 aliphatic rings. The van der Waals surface area contributed by atoms with Crippen LogP contribution in [0.15, 0.2) is 53.7 Å². The first kappa shape index (κ1) is 17.1. The molecule has 1 aromatic heterocycles. The Kier molecular flexibility index (Phi) is 5.12. The molecule has 0 spiro atoms. The molecule has 2 aromatic rings. The molecule has 0 radical (unpaired) electrons. The van der Waals surface area contributed by atoms with Crippen LogP contribution in [0.1, 0.15) is 28.9 Å². The van der Waals surface area contributed by atoms with Crippen molar-refractivity contribution in [2.75, 3.05) is 14.1 Å². The number of nitrogens with one attached hydrogen (secondary N) is 1. The van der Waals surface area contributed by atoms with Crippen LogP contribution in [0.5, 0.6) is 0 Å². The zero-order chi connectivity index (χ0) is 17.0. The number of hydrogen-bond acceptors (Lipinski definition) is 4. The summed E-state index contributed by atoms with van der Waals surface area (Å²) in [5, 5.41) is 2.85. The minimum atomic E-state index is -3.49. The number of carbonyl (C=O) groups excluding carboxylic acids is 1. The molecule has 2 rings (SSSR count). The third-order valence-electron chi connectivity index (χ3n) is 3.43. The third-order valence-corrected chi connectivity index (χ3v) is 5.26. The first-order valence-electron chi connectivity index (χ1n) is 7.06. The van der Waals surface area contributed by atoms with Gasteiger partial charge in [-0.3, -0.25) is 9.78 Å². The second kappa shape index (κ2) is 6.89. The highest BCUT2D eigenvalue weighted by Gasteiger charge is 2.18. The number of pyridine rings is 1. The Bertz CT molecular complexity index is 772. The fourth-order valence-corrected chi connectivity index (χ4v) is 2.89. The molecule has 1 N–H and O–H groups in total. The highest BCUT2D eigenvalue weighted by Crippen LogP contribution is 2.15. The molecule has 1 unspecified atom stereocenters. The monoisotopic (exact) mass is 333 g/mol. The van der Waals surface area contributed by atoms with Crippen molar-refractivity contribution in [3.05, 3.63) is 59.9 Å². The first-order valence-corrected chi connectivity index (χ1v) is 8.50. The quantitative estimate of drug-likeness (QED) is 0.905. The van der Waals surface area contributed by atoms with Crippen LogP contribution in [0.2, 0.25) is 0 Å². The lowest BCUT2D eigenvalue weighted by atomic mass is 10.1. The molecule has 1 atom stereocenters. The number of carbonyl (C=O) groups is 1. The Morgan fingerprint density at radius 2 is 1.83 bits per heavy atom. The summed E-state index contributed by atoms with van der Waals surface area (Å²) in [4.78, 5) is 16.4. The lowest BCUT2D eigenvalue weighted by Crippen LogP contribution is -2.27. The van der Waals surface area contributed by atoms with E-state index in [1.165, 1.54) is 38.4 Å². The Labute approximate surface area is 136 Å². The molecule has 122 valence electrons. The van der Waals surface area contributed by atoms with Gasteiger partial charge in [0.15, 0.2) is 0 Å². The molecule has 23 heavy (non-hydrogen) atoms. The molecular formula is C16H19N3O3S. The Balaban J connectivity index is 2.12. The molecule has 0 bridgehead atoms. The second-order valence-corrected chi connectivity index (χ2v) is 7.45. The summed E-state index contributed by atoms with van der Waals surface area (Å²) in [5.74, 6) is -0.268. The number of sulfonamides is 1. The van der Waals surface area contributed by atoms with Crippen LogP contribution in [0.25, 0.3) is 0 Å². The van der Waals surface area contributed by atoms with Gasteiger partial charge in [0.25, 0.3) is 5.91 Å². The van der Waals surface area contributed by atoms with Crippen molar-refractivity contribution in [3.8, 4) is 0 Å². The van der Waals surface area contributed by atoms with Crippen molar-refractivity contribution in [2.45, 2.75) is 17.9 Å². The molecule has 0 aliphatic carbocycles. The highest BCUT2D eigenvalue weighted by molar-refractivity contribution is 7.89. The molecule has 0 saturated carbocycles. The molecule has 0 fully saturated rings. The fraction of sp³-hybridized carbons (Fsp3) is 0.250. The van der Waals surface area contributed by atoms with Gasteiger partial charge >= 0.3 is 0 Å². The van der Waals surface area contributed by atoms with Gasteiger partial charge in [-0.2, -0.15) is 0 Å². The minimum absolute atomic E-state index is 0.152. The van der Waals surface area contributed by atoms with E-state index in [9.17, 15) is 13.2 Å². The molecule has 1 aromatic carbocycles. The topological polar surface area (TPSA) is 79.4 Å². The van der Waals surface area contributed by atoms with Crippen molar-refractivity contribution >= 4 is 15.9 Å². The largest absolute Gasteiger partial charge is 0.345 e. The smallest absolute Gasteiger partial charge is 0.251 e. The van der Waals surface area contributed by atoms with Crippen molar-refractivity contribution in [1.29, 1.82) is 0 Å². The summed E-state index contributed by atoms with van der Waals surface area (Å²) < 4.78 is 25.1. The number of amides is 1. The van der Waals surface area contributed by atoms with E-state index in [0.717, 1.165) is 9.87 Å². The Hall–Kier alpha value is -2.25. The molecule has 1 heterocycles. The second-order valence-electron chi connectivity index (χ2n) is 5.29. The van der Waals surface area contributed by atoms with E-state index < -0.39 is 10.0 Å². The summed E-state index contributed by atoms with van der Waals surface area (Å²) in [7, 11) is -0.564. The summed E-state index contributed by atoms with van der Waals surface area (Å²) in [6, 6.07) is 9.35. The number of rotatable bonds is 5. The van der Waals surface area contributed by atoms with Crippen LogP contribution in [0.3, 0.4) is 0 Å². The van der Waals surface area contributed by atoms with Crippen LogP contribution in [0.4, 0.5) is 0 Å². The van der Waals surface area contributed by atoms with E-state index in [4.69, 9.17) is 0 Å². The van der Waals surface area contributed by atoms with Gasteiger partial charge in [-0.25, -0.2) is 12.7 Å². The molecule has 0 saturated heterocycles. The maximum absolute atomic E-state index is 12.2. The summed E-state index contributed by atoms with van der Waals surface area (Å²) in [6.45, 7) is 1.86. The minimum Gasteiger partial charge on any atom is -0.345 e. The van der Waals surface area contributed by atoms with Gasteiger partial charge in [-0.1, -0.05) is 6.07 Å². The van der Waals surface area contributed by atoms with E-state index >= 15 is 0 Å². The van der Waals surface area contributed by atoms with E-state index in [-0.39, 0.29) is 16.8 Å². The lowest BCUT2D eigenvalue weighted by Gasteiger charge is -2.14. The predicted octanol–water partition coefficient (Wildman–Crippen LogP) is 1.82. The summed E-state index contributed by atoms with van der Waals surface area (Å²) in [6.07, 6.45) is 3.36. The lowest BCUT2D eigenvalue weighted by molar-refractivity contribution is 0.0939. The van der Waals surface area contributed by atoms with Crippen LogP contribution in [-0.4, -0.2) is 37.7 Å². The van der Waals surface area contributed by atoms with Crippen LogP contribution >= 0.6 is 0 Å². The van der Waals surface area contributed by atoms with E-state index in [2.05, 4.69) is 10.3 Å². The standard InChI is InChI=1S/C16H19N3O3S/c1-12(14-5-4-10-17-11-14)18-16(20)13-6-8-15(9-7-13)23(21,22)19(2)3/h4-12H,1-3H3,(H,18,20). The number of hydrogen-bond donors (Lipinski definition) is 1. The number of benzene rings is 1. The third kappa shape index (κ3) is 3.94. The predicted molar refractivity (Wildman–Crippen MR) is 87.4 cm³/mol. The highest BCUT2D eigenvalue weighted by atomic mass is 32.2. The molecule has 6 nitrogen and oxygen atoms in total. The Morgan fingerprint density at radius 3 is 2.35 bits per heavy atom. The first-order chi connectivity index (χ1) is 10.8. The van der Waals surface area contributed by atoms with Gasteiger partial charge in [0.1, 0.15) is 0 Å². The zero-order valence-electron chi connectivity index (χ0n) is 13.2. The normalized spacial score (nSPS) is 12.9. The van der Waals surface area contributed by atoms with E-state index in [0.29, 0.717) is 5.56 Å². The van der Waals surface area contributed by atoms with Crippen molar-refractivity contribution in [3.63, 3.8) is 0 Å². The number of nitrogens with zero attached hydrogens (tertiary/aromatic N) is 2. The van der Waals surface area contributed by atoms with Gasteiger partial charge < -0.3 is 5.32 Å². The maximum Gasteiger partial charge on any atom is 0.251 e. The van der Waals surface area contributed by atoms with Gasteiger partial charge in [-0.15, -0.1) is 0 Å². The van der Waals surface area contributed by atoms with Crippen LogP contribution in [-0.2, 0) is 10.0 Å². The molecule has 0 aliphatic heterocycles. The molecule has 7 heteroatoms. The average Bonchev–Trinajstić information content (AvgIpc) is 2.55. The number of aromatic nitrogens is 1. The Morgan fingerprint density at radius 1 is 1.17 bits per heavy atom. The molecule has 1 amide bonds. The van der Waals surface area contributed by atoms with Gasteiger partial charge in [-0.05, 0) is 42.8 Å². The summed E-state index contributed by atoms with van der Waals surface area (Å²) in [5.41, 5.74) is 1.30. The molecular weight excluding hydrogens is 314 g/mol. The van der Waals surface area contributed by atoms with Crippen LogP contribution in [0, 0.1) is 0 Å². The van der Waals surface area contributed by atoms with Gasteiger partial charge in [0.05, 0.1) is 10.9 Å². The average molecular weight is 333 g/mol. The van der Waals surface area contributed by atoms with Crippen molar-refractivity contribution < 1.29 is 13.2 Å². The summed E-state index contributed by atoms with van der Waals surface area (Å²) >= 11 is 0. The van der Waals surface area contributed by atoms with E-state index in [1.807, 2.05) is 13.0 Å². The zero-order valence-corrected chi connectivity index (χ0v) is 14.0. The van der Waals surface area contributed by atoms with E-state index in [1.54, 1.807) is 18.5 Å². The van der Waals surface area contributed by atoms with Crippen LogP contribution < -0.4 is 5.32 Å². The van der Waals surface area contributed by atoms with Crippen molar-refractivity contribution in [1.82, 2.24) is 14.6 Å². The van der Waals surface area contributed by atoms with Gasteiger partial charge in [0, 0.05) is 32.1 Å². The maximum atomic E-state index is 12.2. The fourth-order valence-electron chi connectivity index (χ4n) is 1.98. The SMILES string of the molecule is CC(NC(=O)c1ccc(S(=O)(=O)N(C)C)cc1)c1cccnc1. The van der Waals surface area contributed by atoms with Crippen molar-refractivity contribution in [2.24, 2.45) is 0 Å². The van der Waals surface area contributed by atoms with Gasteiger partial charge in [0.2, 0.25) is 10.0 Å².